The molecule has 2 fully saturated rings. The average molecular weight is 365 g/mol. The van der Waals surface area contributed by atoms with Gasteiger partial charge in [-0.2, -0.15) is 0 Å². The number of Topliss-reactive ketones (excluding diaryl/α,β-unsaturated/α-hetero) is 1. The SMILES string of the molecule is [2H]N1CCC(=O)C1(COC1CCC(c2ccccc2)CC1)Cc1ccccc1. The Labute approximate surface area is 163 Å². The molecular weight excluding hydrogens is 334 g/mol. The monoisotopic (exact) mass is 364 g/mol. The number of benzene rings is 2. The Hall–Kier alpha value is -1.97. The zero-order valence-corrected chi connectivity index (χ0v) is 15.8. The highest BCUT2D eigenvalue weighted by molar-refractivity contribution is 5.91. The van der Waals surface area contributed by atoms with Gasteiger partial charge in [-0.05, 0) is 49.1 Å². The van der Waals surface area contributed by atoms with E-state index in [1.165, 1.54) is 10.9 Å². The van der Waals surface area contributed by atoms with Gasteiger partial charge in [-0.25, -0.2) is 0 Å². The van der Waals surface area contributed by atoms with E-state index in [1.54, 1.807) is 0 Å². The van der Waals surface area contributed by atoms with Crippen LogP contribution in [-0.4, -0.2) is 30.6 Å². The van der Waals surface area contributed by atoms with Gasteiger partial charge in [0.05, 0.1) is 12.7 Å². The molecule has 0 bridgehead atoms. The maximum atomic E-state index is 12.8. The lowest BCUT2D eigenvalue weighted by atomic mass is 9.82. The smallest absolute Gasteiger partial charge is 0.156 e. The number of carbonyl (C=O) groups excluding carboxylic acids is 1. The molecule has 1 aliphatic carbocycles. The van der Waals surface area contributed by atoms with Crippen molar-refractivity contribution in [3.63, 3.8) is 0 Å². The number of ether oxygens (including phenoxy) is 1. The molecule has 4 rings (SSSR count). The molecule has 27 heavy (non-hydrogen) atoms. The summed E-state index contributed by atoms with van der Waals surface area (Å²) in [6.45, 7) is 0.820. The molecule has 0 radical (unpaired) electrons. The predicted molar refractivity (Wildman–Crippen MR) is 108 cm³/mol. The Bertz CT molecular complexity index is 774. The number of carbonyl (C=O) groups is 1. The highest BCUT2D eigenvalue weighted by atomic mass is 16.5. The Morgan fingerprint density at radius 2 is 1.67 bits per heavy atom. The molecule has 142 valence electrons. The maximum absolute atomic E-state index is 12.8. The fourth-order valence-corrected chi connectivity index (χ4v) is 4.50. The third kappa shape index (κ3) is 4.31. The first-order chi connectivity index (χ1) is 13.7. The van der Waals surface area contributed by atoms with Gasteiger partial charge in [0.1, 0.15) is 6.95 Å². The van der Waals surface area contributed by atoms with Crippen molar-refractivity contribution in [3.8, 4) is 0 Å². The highest BCUT2D eigenvalue weighted by Gasteiger charge is 2.42. The van der Waals surface area contributed by atoms with Crippen LogP contribution >= 0.6 is 0 Å². The fraction of sp³-hybridized carbons (Fsp3) is 0.458. The molecule has 1 unspecified atom stereocenters. The van der Waals surface area contributed by atoms with Crippen molar-refractivity contribution in [2.45, 2.75) is 56.1 Å². The summed E-state index contributed by atoms with van der Waals surface area (Å²) in [6, 6.07) is 20.7. The molecule has 2 aliphatic rings. The second kappa shape index (κ2) is 8.37. The van der Waals surface area contributed by atoms with E-state index in [-0.39, 0.29) is 11.9 Å². The van der Waals surface area contributed by atoms with Crippen molar-refractivity contribution in [2.24, 2.45) is 0 Å². The van der Waals surface area contributed by atoms with Crippen LogP contribution in [0.5, 0.6) is 0 Å². The zero-order chi connectivity index (χ0) is 19.4. The van der Waals surface area contributed by atoms with Gasteiger partial charge in [-0.15, -0.1) is 0 Å². The summed E-state index contributed by atoms with van der Waals surface area (Å²) >= 11 is 0. The van der Waals surface area contributed by atoms with Gasteiger partial charge in [0, 0.05) is 13.0 Å². The summed E-state index contributed by atoms with van der Waals surface area (Å²) in [6.07, 6.45) is 5.48. The summed E-state index contributed by atoms with van der Waals surface area (Å²) < 4.78 is 14.7. The van der Waals surface area contributed by atoms with E-state index in [2.05, 4.69) is 30.3 Å². The number of rotatable bonds is 6. The first-order valence-corrected chi connectivity index (χ1v) is 10.2. The van der Waals surface area contributed by atoms with Crippen molar-refractivity contribution < 1.29 is 10.9 Å². The first kappa shape index (κ1) is 17.2. The van der Waals surface area contributed by atoms with E-state index in [0.29, 0.717) is 31.9 Å². The van der Waals surface area contributed by atoms with Crippen LogP contribution in [0.1, 0.15) is 49.1 Å². The van der Waals surface area contributed by atoms with Crippen LogP contribution in [0.4, 0.5) is 0 Å². The molecule has 0 spiro atoms. The number of ketones is 1. The van der Waals surface area contributed by atoms with E-state index in [1.807, 2.05) is 30.3 Å². The number of hydrogen-bond donors (Lipinski definition) is 1. The summed E-state index contributed by atoms with van der Waals surface area (Å²) in [4.78, 5) is 12.8. The van der Waals surface area contributed by atoms with Crippen molar-refractivity contribution in [3.05, 3.63) is 71.8 Å². The molecular formula is C24H29NO2. The van der Waals surface area contributed by atoms with Gasteiger partial charge < -0.3 is 10.0 Å². The fourth-order valence-electron chi connectivity index (χ4n) is 4.50. The van der Waals surface area contributed by atoms with Crippen molar-refractivity contribution >= 4 is 5.78 Å². The van der Waals surface area contributed by atoms with Crippen molar-refractivity contribution in [1.82, 2.24) is 5.31 Å². The summed E-state index contributed by atoms with van der Waals surface area (Å²) in [5.41, 5.74) is 1.67. The Morgan fingerprint density at radius 3 is 2.30 bits per heavy atom. The molecule has 1 aliphatic heterocycles. The summed E-state index contributed by atoms with van der Waals surface area (Å²) in [5.74, 6) is 0.754. The van der Waals surface area contributed by atoms with E-state index in [4.69, 9.17) is 6.15 Å². The predicted octanol–water partition coefficient (Wildman–Crippen LogP) is 4.27. The molecule has 3 heteroatoms. The minimum absolute atomic E-state index is 0.143. The van der Waals surface area contributed by atoms with E-state index < -0.39 is 5.54 Å². The van der Waals surface area contributed by atoms with Crippen LogP contribution < -0.4 is 5.31 Å². The largest absolute Gasteiger partial charge is 0.376 e. The average Bonchev–Trinajstić information content (AvgIpc) is 3.02. The standard InChI is InChI=1S/C24H29NO2/c26-23-15-16-25-24(23,17-19-7-3-1-4-8-19)18-27-22-13-11-21(12-14-22)20-9-5-2-6-10-20/h1-10,21-22,25H,11-18H2/i/hD. The summed E-state index contributed by atoms with van der Waals surface area (Å²) in [5, 5.41) is 1.47. The molecule has 1 saturated carbocycles. The molecule has 3 nitrogen and oxygen atoms in total. The van der Waals surface area contributed by atoms with E-state index in [9.17, 15) is 4.79 Å². The third-order valence-electron chi connectivity index (χ3n) is 6.11. The van der Waals surface area contributed by atoms with Gasteiger partial charge in [0.25, 0.3) is 0 Å². The molecule has 2 aromatic carbocycles. The van der Waals surface area contributed by atoms with Gasteiger partial charge in [0.15, 0.2) is 5.78 Å². The Morgan fingerprint density at radius 1 is 1.00 bits per heavy atom. The minimum Gasteiger partial charge on any atom is -0.376 e. The quantitative estimate of drug-likeness (QED) is 0.832. The second-order valence-corrected chi connectivity index (χ2v) is 7.94. The lowest BCUT2D eigenvalue weighted by Crippen LogP contribution is -2.52. The topological polar surface area (TPSA) is 38.3 Å². The maximum Gasteiger partial charge on any atom is 0.156 e. The molecule has 0 amide bonds. The van der Waals surface area contributed by atoms with Crippen LogP contribution in [-0.2, 0) is 16.0 Å². The zero-order valence-electron chi connectivity index (χ0n) is 16.8. The number of hydrogen-bond acceptors (Lipinski definition) is 3. The lowest BCUT2D eigenvalue weighted by molar-refractivity contribution is -0.126. The Kier molecular flexibility index (Phi) is 5.31. The number of nitrogens with one attached hydrogen (secondary N) is 1. The minimum atomic E-state index is -0.836. The Balaban J connectivity index is 1.38. The normalized spacial score (nSPS) is 29.6. The van der Waals surface area contributed by atoms with Gasteiger partial charge in [-0.3, -0.25) is 4.79 Å². The summed E-state index contributed by atoms with van der Waals surface area (Å²) in [7, 11) is 0. The van der Waals surface area contributed by atoms with Crippen LogP contribution in [0.2, 0.25) is 1.41 Å². The molecule has 1 saturated heterocycles. The molecule has 2 aromatic rings. The van der Waals surface area contributed by atoms with Gasteiger partial charge in [-0.1, -0.05) is 60.7 Å². The van der Waals surface area contributed by atoms with Crippen LogP contribution in [0.3, 0.4) is 0 Å². The lowest BCUT2D eigenvalue weighted by Gasteiger charge is -2.33. The molecule has 0 aromatic heterocycles. The van der Waals surface area contributed by atoms with Crippen molar-refractivity contribution in [2.75, 3.05) is 13.2 Å². The van der Waals surface area contributed by atoms with E-state index in [0.717, 1.165) is 31.2 Å². The molecule has 1 N–H and O–H groups in total. The molecule has 1 atom stereocenters. The third-order valence-corrected chi connectivity index (χ3v) is 6.11. The van der Waals surface area contributed by atoms with Gasteiger partial charge >= 0.3 is 0 Å². The van der Waals surface area contributed by atoms with Crippen LogP contribution in [0, 0.1) is 0 Å². The van der Waals surface area contributed by atoms with Gasteiger partial charge in [0.2, 0.25) is 0 Å². The second-order valence-electron chi connectivity index (χ2n) is 7.94. The molecule has 1 heterocycles. The van der Waals surface area contributed by atoms with Crippen molar-refractivity contribution in [1.29, 1.82) is 0 Å². The van der Waals surface area contributed by atoms with E-state index >= 15 is 0 Å². The highest BCUT2D eigenvalue weighted by Crippen LogP contribution is 2.34. The van der Waals surface area contributed by atoms with Crippen LogP contribution in [0.15, 0.2) is 60.7 Å². The van der Waals surface area contributed by atoms with Crippen LogP contribution in [0.25, 0.3) is 0 Å². The first-order valence-electron chi connectivity index (χ1n) is 10.6.